The Morgan fingerprint density at radius 1 is 0.875 bits per heavy atom. The van der Waals surface area contributed by atoms with Crippen LogP contribution in [0.1, 0.15) is 16.1 Å². The minimum Gasteiger partial charge on any atom is -0.450 e. The number of alkyl halides is 3. The maximum absolute atomic E-state index is 13.8. The van der Waals surface area contributed by atoms with Gasteiger partial charge in [0.2, 0.25) is 11.2 Å². The van der Waals surface area contributed by atoms with E-state index in [1.54, 1.807) is 12.1 Å². The Morgan fingerprint density at radius 2 is 1.47 bits per heavy atom. The van der Waals surface area contributed by atoms with Gasteiger partial charge in [0, 0.05) is 15.0 Å². The number of esters is 1. The third kappa shape index (κ3) is 4.49. The standard InChI is InChI=1S/C23H11Br2F3O4/c24-14-5-1-12(2-6-14)19-20(29)17-10-9-16(11-18(17)32-21(19)23(26,27)28)31-22(30)13-3-7-15(25)8-4-13/h1-11H. The fourth-order valence-corrected chi connectivity index (χ4v) is 3.60. The molecule has 0 fully saturated rings. The fraction of sp³-hybridized carbons (Fsp3) is 0.0435. The molecule has 4 nitrogen and oxygen atoms in total. The number of carbonyl (C=O) groups excluding carboxylic acids is 1. The van der Waals surface area contributed by atoms with E-state index in [0.717, 1.165) is 10.5 Å². The van der Waals surface area contributed by atoms with Gasteiger partial charge in [0.15, 0.2) is 0 Å². The van der Waals surface area contributed by atoms with Crippen molar-refractivity contribution in [1.82, 2.24) is 0 Å². The highest BCUT2D eigenvalue weighted by atomic mass is 79.9. The molecule has 162 valence electrons. The predicted molar refractivity (Wildman–Crippen MR) is 120 cm³/mol. The summed E-state index contributed by atoms with van der Waals surface area (Å²) in [4.78, 5) is 25.3. The summed E-state index contributed by atoms with van der Waals surface area (Å²) in [6, 6.07) is 15.9. The van der Waals surface area contributed by atoms with Crippen LogP contribution in [-0.2, 0) is 6.18 Å². The summed E-state index contributed by atoms with van der Waals surface area (Å²) in [5.74, 6) is -2.19. The highest BCUT2D eigenvalue weighted by molar-refractivity contribution is 9.10. The molecule has 1 aromatic heterocycles. The Balaban J connectivity index is 1.81. The maximum atomic E-state index is 13.8. The number of fused-ring (bicyclic) bond motifs is 1. The monoisotopic (exact) mass is 566 g/mol. The molecule has 1 heterocycles. The van der Waals surface area contributed by atoms with Crippen LogP contribution in [0.4, 0.5) is 13.2 Å². The minimum absolute atomic E-state index is 0.0573. The van der Waals surface area contributed by atoms with Crippen LogP contribution < -0.4 is 10.2 Å². The van der Waals surface area contributed by atoms with Crippen LogP contribution in [0, 0.1) is 0 Å². The first kappa shape index (κ1) is 22.3. The smallest absolute Gasteiger partial charge is 0.450 e. The zero-order chi connectivity index (χ0) is 23.0. The van der Waals surface area contributed by atoms with Gasteiger partial charge in [-0.3, -0.25) is 4.79 Å². The second-order valence-electron chi connectivity index (χ2n) is 6.69. The van der Waals surface area contributed by atoms with E-state index in [1.807, 2.05) is 0 Å². The molecule has 9 heteroatoms. The van der Waals surface area contributed by atoms with Gasteiger partial charge in [0.05, 0.1) is 16.5 Å². The molecule has 0 saturated heterocycles. The van der Waals surface area contributed by atoms with Gasteiger partial charge in [0.25, 0.3) is 0 Å². The first-order valence-electron chi connectivity index (χ1n) is 9.05. The Bertz CT molecular complexity index is 1380. The molecule has 0 spiro atoms. The Labute approximate surface area is 195 Å². The van der Waals surface area contributed by atoms with Gasteiger partial charge in [-0.25, -0.2) is 4.79 Å². The van der Waals surface area contributed by atoms with Crippen LogP contribution in [0.25, 0.3) is 22.1 Å². The average Bonchev–Trinajstić information content (AvgIpc) is 2.74. The highest BCUT2D eigenvalue weighted by Gasteiger charge is 2.39. The second-order valence-corrected chi connectivity index (χ2v) is 8.53. The normalized spacial score (nSPS) is 11.5. The molecule has 0 amide bonds. The number of hydrogen-bond donors (Lipinski definition) is 0. The summed E-state index contributed by atoms with van der Waals surface area (Å²) in [5, 5.41) is -0.0700. The van der Waals surface area contributed by atoms with Crippen LogP contribution in [0.2, 0.25) is 0 Å². The van der Waals surface area contributed by atoms with Crippen molar-refractivity contribution in [3.05, 3.63) is 97.2 Å². The summed E-state index contributed by atoms with van der Waals surface area (Å²) in [6.45, 7) is 0. The van der Waals surface area contributed by atoms with Crippen molar-refractivity contribution in [3.8, 4) is 16.9 Å². The van der Waals surface area contributed by atoms with E-state index in [2.05, 4.69) is 31.9 Å². The van der Waals surface area contributed by atoms with E-state index in [0.29, 0.717) is 4.47 Å². The largest absolute Gasteiger partial charge is 0.450 e. The first-order chi connectivity index (χ1) is 15.1. The lowest BCUT2D eigenvalue weighted by Gasteiger charge is -2.13. The SMILES string of the molecule is O=C(Oc1ccc2c(=O)c(-c3ccc(Br)cc3)c(C(F)(F)F)oc2c1)c1ccc(Br)cc1. The summed E-state index contributed by atoms with van der Waals surface area (Å²) < 4.78 is 53.1. The Kier molecular flexibility index (Phi) is 5.96. The molecule has 0 aliphatic carbocycles. The molecule has 0 bridgehead atoms. The molecular weight excluding hydrogens is 557 g/mol. The van der Waals surface area contributed by atoms with Crippen molar-refractivity contribution in [2.75, 3.05) is 0 Å². The van der Waals surface area contributed by atoms with Crippen LogP contribution in [-0.4, -0.2) is 5.97 Å². The first-order valence-corrected chi connectivity index (χ1v) is 10.6. The van der Waals surface area contributed by atoms with E-state index in [4.69, 9.17) is 9.15 Å². The third-order valence-electron chi connectivity index (χ3n) is 4.54. The zero-order valence-corrected chi connectivity index (χ0v) is 19.0. The summed E-state index contributed by atoms with van der Waals surface area (Å²) in [5.41, 5.74) is -1.45. The molecule has 0 aliphatic heterocycles. The molecule has 0 unspecified atom stereocenters. The molecule has 0 atom stereocenters. The molecule has 0 radical (unpaired) electrons. The molecule has 0 saturated carbocycles. The molecule has 0 N–H and O–H groups in total. The average molecular weight is 568 g/mol. The Hall–Kier alpha value is -2.91. The Morgan fingerprint density at radius 3 is 2.06 bits per heavy atom. The van der Waals surface area contributed by atoms with Crippen molar-refractivity contribution in [2.24, 2.45) is 0 Å². The van der Waals surface area contributed by atoms with Gasteiger partial charge >= 0.3 is 12.1 Å². The van der Waals surface area contributed by atoms with E-state index in [1.165, 1.54) is 48.5 Å². The third-order valence-corrected chi connectivity index (χ3v) is 5.60. The van der Waals surface area contributed by atoms with Crippen molar-refractivity contribution < 1.29 is 27.1 Å². The van der Waals surface area contributed by atoms with Gasteiger partial charge in [0.1, 0.15) is 11.3 Å². The fourth-order valence-electron chi connectivity index (χ4n) is 3.07. The summed E-state index contributed by atoms with van der Waals surface area (Å²) in [7, 11) is 0. The molecule has 4 aromatic rings. The van der Waals surface area contributed by atoms with Crippen molar-refractivity contribution in [3.63, 3.8) is 0 Å². The maximum Gasteiger partial charge on any atom is 0.450 e. The van der Waals surface area contributed by atoms with Gasteiger partial charge in [-0.1, -0.05) is 44.0 Å². The summed E-state index contributed by atoms with van der Waals surface area (Å²) in [6.07, 6.45) is -4.92. The number of halogens is 5. The lowest BCUT2D eigenvalue weighted by Crippen LogP contribution is -2.16. The van der Waals surface area contributed by atoms with Crippen molar-refractivity contribution >= 4 is 48.8 Å². The van der Waals surface area contributed by atoms with Crippen molar-refractivity contribution in [2.45, 2.75) is 6.18 Å². The van der Waals surface area contributed by atoms with Gasteiger partial charge in [-0.2, -0.15) is 13.2 Å². The van der Waals surface area contributed by atoms with Gasteiger partial charge in [-0.15, -0.1) is 0 Å². The summed E-state index contributed by atoms with van der Waals surface area (Å²) >= 11 is 6.47. The topological polar surface area (TPSA) is 56.5 Å². The number of ether oxygens (including phenoxy) is 1. The molecule has 32 heavy (non-hydrogen) atoms. The number of carbonyl (C=O) groups is 1. The molecular formula is C23H11Br2F3O4. The molecule has 3 aromatic carbocycles. The van der Waals surface area contributed by atoms with E-state index in [9.17, 15) is 22.8 Å². The minimum atomic E-state index is -4.92. The number of rotatable bonds is 3. The van der Waals surface area contributed by atoms with Crippen LogP contribution >= 0.6 is 31.9 Å². The number of hydrogen-bond acceptors (Lipinski definition) is 4. The van der Waals surface area contributed by atoms with Crippen LogP contribution in [0.15, 0.2) is 84.9 Å². The van der Waals surface area contributed by atoms with Crippen LogP contribution in [0.5, 0.6) is 5.75 Å². The lowest BCUT2D eigenvalue weighted by molar-refractivity contribution is -0.152. The van der Waals surface area contributed by atoms with E-state index in [-0.39, 0.29) is 27.8 Å². The van der Waals surface area contributed by atoms with Gasteiger partial charge < -0.3 is 9.15 Å². The zero-order valence-electron chi connectivity index (χ0n) is 15.9. The molecule has 0 aliphatic rings. The quantitative estimate of drug-likeness (QED) is 0.194. The highest BCUT2D eigenvalue weighted by Crippen LogP contribution is 2.38. The lowest BCUT2D eigenvalue weighted by atomic mass is 10.0. The van der Waals surface area contributed by atoms with Crippen molar-refractivity contribution in [1.29, 1.82) is 0 Å². The van der Waals surface area contributed by atoms with Crippen LogP contribution in [0.3, 0.4) is 0 Å². The predicted octanol–water partition coefficient (Wildman–Crippen LogP) is 7.22. The van der Waals surface area contributed by atoms with E-state index < -0.39 is 28.9 Å². The van der Waals surface area contributed by atoms with Gasteiger partial charge in [-0.05, 0) is 54.1 Å². The number of benzene rings is 3. The van der Waals surface area contributed by atoms with E-state index >= 15 is 0 Å². The molecule has 4 rings (SSSR count). The second kappa shape index (κ2) is 8.55.